The molecule has 1 aromatic carbocycles. The summed E-state index contributed by atoms with van der Waals surface area (Å²) in [6, 6.07) is 4.24. The van der Waals surface area contributed by atoms with Gasteiger partial charge >= 0.3 is 0 Å². The van der Waals surface area contributed by atoms with Crippen LogP contribution in [0.5, 0.6) is 0 Å². The molecule has 1 aromatic rings. The normalized spacial score (nSPS) is 24.2. The number of hydrogen-bond acceptors (Lipinski definition) is 2. The highest BCUT2D eigenvalue weighted by atomic mass is 19.2. The van der Waals surface area contributed by atoms with Crippen molar-refractivity contribution in [3.05, 3.63) is 35.4 Å². The number of hydrogen-bond donors (Lipinski definition) is 2. The molecule has 0 radical (unpaired) electrons. The third-order valence-electron chi connectivity index (χ3n) is 3.60. The van der Waals surface area contributed by atoms with E-state index in [1.165, 1.54) is 6.07 Å². The second-order valence-corrected chi connectivity index (χ2v) is 5.02. The molecule has 2 N–H and O–H groups in total. The van der Waals surface area contributed by atoms with Crippen LogP contribution in [0.2, 0.25) is 0 Å². The fraction of sp³-hybridized carbons (Fsp3) is 0.571. The van der Waals surface area contributed by atoms with E-state index in [0.29, 0.717) is 18.0 Å². The lowest BCUT2D eigenvalue weighted by Crippen LogP contribution is -2.28. The Hall–Kier alpha value is -1.00. The summed E-state index contributed by atoms with van der Waals surface area (Å²) in [4.78, 5) is 0. The van der Waals surface area contributed by atoms with Crippen LogP contribution in [-0.2, 0) is 6.54 Å². The molecule has 2 nitrogen and oxygen atoms in total. The number of nitrogens with one attached hydrogen (secondary N) is 1. The molecule has 0 bridgehead atoms. The molecule has 0 unspecified atom stereocenters. The van der Waals surface area contributed by atoms with Gasteiger partial charge in [0.05, 0.1) is 6.10 Å². The van der Waals surface area contributed by atoms with Crippen LogP contribution in [0, 0.1) is 17.6 Å². The van der Waals surface area contributed by atoms with Crippen molar-refractivity contribution in [3.63, 3.8) is 0 Å². The minimum absolute atomic E-state index is 0.151. The Morgan fingerprint density at radius 2 is 1.89 bits per heavy atom. The van der Waals surface area contributed by atoms with Crippen LogP contribution in [0.1, 0.15) is 31.2 Å². The first-order valence-electron chi connectivity index (χ1n) is 6.48. The average Bonchev–Trinajstić information content (AvgIpc) is 2.37. The first kappa shape index (κ1) is 13.4. The second kappa shape index (κ2) is 6.25. The molecule has 1 aliphatic rings. The molecule has 0 atom stereocenters. The predicted molar refractivity (Wildman–Crippen MR) is 66.0 cm³/mol. The highest BCUT2D eigenvalue weighted by molar-refractivity contribution is 5.18. The van der Waals surface area contributed by atoms with Crippen LogP contribution in [-0.4, -0.2) is 17.8 Å². The average molecular weight is 255 g/mol. The summed E-state index contributed by atoms with van der Waals surface area (Å²) in [6.45, 7) is 1.14. The standard InChI is InChI=1S/C14H19F2NO/c15-13-3-1-2-11(14(13)16)9-17-8-10-4-6-12(18)7-5-10/h1-3,10,12,17-18H,4-9H2. The van der Waals surface area contributed by atoms with Gasteiger partial charge in [0, 0.05) is 12.1 Å². The van der Waals surface area contributed by atoms with E-state index < -0.39 is 11.6 Å². The van der Waals surface area contributed by atoms with Crippen LogP contribution in [0.4, 0.5) is 8.78 Å². The van der Waals surface area contributed by atoms with Crippen molar-refractivity contribution in [3.8, 4) is 0 Å². The minimum atomic E-state index is -0.796. The summed E-state index contributed by atoms with van der Waals surface area (Å²) in [6.07, 6.45) is 3.54. The van der Waals surface area contributed by atoms with Crippen molar-refractivity contribution in [2.45, 2.75) is 38.3 Å². The largest absolute Gasteiger partial charge is 0.393 e. The molecule has 0 amide bonds. The Morgan fingerprint density at radius 3 is 2.61 bits per heavy atom. The summed E-state index contributed by atoms with van der Waals surface area (Å²) in [7, 11) is 0. The van der Waals surface area contributed by atoms with Gasteiger partial charge < -0.3 is 10.4 Å². The van der Waals surface area contributed by atoms with Gasteiger partial charge in [0.2, 0.25) is 0 Å². The Balaban J connectivity index is 1.77. The summed E-state index contributed by atoms with van der Waals surface area (Å²) >= 11 is 0. The van der Waals surface area contributed by atoms with Gasteiger partial charge in [-0.05, 0) is 44.2 Å². The van der Waals surface area contributed by atoms with Crippen LogP contribution in [0.25, 0.3) is 0 Å². The Labute approximate surface area is 106 Å². The molecule has 0 heterocycles. The van der Waals surface area contributed by atoms with E-state index in [4.69, 9.17) is 0 Å². The van der Waals surface area contributed by atoms with Crippen LogP contribution < -0.4 is 5.32 Å². The lowest BCUT2D eigenvalue weighted by molar-refractivity contribution is 0.108. The van der Waals surface area contributed by atoms with E-state index in [0.717, 1.165) is 38.3 Å². The van der Waals surface area contributed by atoms with E-state index in [1.807, 2.05) is 0 Å². The Kier molecular flexibility index (Phi) is 4.66. The predicted octanol–water partition coefficient (Wildman–Crippen LogP) is 2.61. The lowest BCUT2D eigenvalue weighted by atomic mass is 9.87. The van der Waals surface area contributed by atoms with Gasteiger partial charge in [-0.3, -0.25) is 0 Å². The maximum atomic E-state index is 13.4. The monoisotopic (exact) mass is 255 g/mol. The summed E-state index contributed by atoms with van der Waals surface area (Å²) in [5.74, 6) is -1.02. The fourth-order valence-electron chi connectivity index (χ4n) is 2.44. The summed E-state index contributed by atoms with van der Waals surface area (Å²) in [5, 5.41) is 12.6. The molecule has 1 fully saturated rings. The quantitative estimate of drug-likeness (QED) is 0.866. The van der Waals surface area contributed by atoms with Gasteiger partial charge in [0.15, 0.2) is 11.6 Å². The van der Waals surface area contributed by atoms with Crippen molar-refractivity contribution in [1.29, 1.82) is 0 Å². The maximum absolute atomic E-state index is 13.4. The SMILES string of the molecule is OC1CCC(CNCc2cccc(F)c2F)CC1. The van der Waals surface area contributed by atoms with Crippen LogP contribution in [0.15, 0.2) is 18.2 Å². The molecule has 1 saturated carbocycles. The highest BCUT2D eigenvalue weighted by Gasteiger charge is 2.18. The zero-order chi connectivity index (χ0) is 13.0. The molecule has 0 aliphatic heterocycles. The van der Waals surface area contributed by atoms with Gasteiger partial charge in [-0.25, -0.2) is 8.78 Å². The molecule has 2 rings (SSSR count). The molecular weight excluding hydrogens is 236 g/mol. The van der Waals surface area contributed by atoms with Crippen LogP contribution >= 0.6 is 0 Å². The number of rotatable bonds is 4. The van der Waals surface area contributed by atoms with E-state index >= 15 is 0 Å². The van der Waals surface area contributed by atoms with E-state index in [-0.39, 0.29) is 6.10 Å². The molecule has 1 aliphatic carbocycles. The summed E-state index contributed by atoms with van der Waals surface area (Å²) < 4.78 is 26.3. The molecule has 100 valence electrons. The summed E-state index contributed by atoms with van der Waals surface area (Å²) in [5.41, 5.74) is 0.367. The minimum Gasteiger partial charge on any atom is -0.393 e. The topological polar surface area (TPSA) is 32.3 Å². The molecule has 4 heteroatoms. The number of benzene rings is 1. The highest BCUT2D eigenvalue weighted by Crippen LogP contribution is 2.23. The fourth-order valence-corrected chi connectivity index (χ4v) is 2.44. The van der Waals surface area contributed by atoms with Crippen molar-refractivity contribution in [2.24, 2.45) is 5.92 Å². The van der Waals surface area contributed by atoms with Gasteiger partial charge in [-0.15, -0.1) is 0 Å². The number of halogens is 2. The lowest BCUT2D eigenvalue weighted by Gasteiger charge is -2.25. The first-order chi connectivity index (χ1) is 8.66. The smallest absolute Gasteiger partial charge is 0.163 e. The molecule has 0 saturated heterocycles. The van der Waals surface area contributed by atoms with Crippen LogP contribution in [0.3, 0.4) is 0 Å². The third kappa shape index (κ3) is 3.50. The second-order valence-electron chi connectivity index (χ2n) is 5.02. The van der Waals surface area contributed by atoms with Gasteiger partial charge in [-0.2, -0.15) is 0 Å². The van der Waals surface area contributed by atoms with Crippen molar-refractivity contribution in [1.82, 2.24) is 5.32 Å². The third-order valence-corrected chi connectivity index (χ3v) is 3.60. The van der Waals surface area contributed by atoms with Crippen molar-refractivity contribution >= 4 is 0 Å². The molecule has 0 aromatic heterocycles. The Morgan fingerprint density at radius 1 is 1.17 bits per heavy atom. The zero-order valence-corrected chi connectivity index (χ0v) is 10.3. The van der Waals surface area contributed by atoms with E-state index in [1.54, 1.807) is 6.07 Å². The Bertz CT molecular complexity index is 389. The van der Waals surface area contributed by atoms with Crippen molar-refractivity contribution < 1.29 is 13.9 Å². The van der Waals surface area contributed by atoms with Gasteiger partial charge in [0.25, 0.3) is 0 Å². The van der Waals surface area contributed by atoms with E-state index in [9.17, 15) is 13.9 Å². The van der Waals surface area contributed by atoms with Crippen molar-refractivity contribution in [2.75, 3.05) is 6.54 Å². The number of aliphatic hydroxyl groups is 1. The zero-order valence-electron chi connectivity index (χ0n) is 10.3. The van der Waals surface area contributed by atoms with Gasteiger partial charge in [-0.1, -0.05) is 12.1 Å². The van der Waals surface area contributed by atoms with E-state index in [2.05, 4.69) is 5.32 Å². The maximum Gasteiger partial charge on any atom is 0.163 e. The number of aliphatic hydroxyl groups excluding tert-OH is 1. The molecule has 18 heavy (non-hydrogen) atoms. The molecular formula is C14H19F2NO. The molecule has 0 spiro atoms. The van der Waals surface area contributed by atoms with Gasteiger partial charge in [0.1, 0.15) is 0 Å². The first-order valence-corrected chi connectivity index (χ1v) is 6.48.